The van der Waals surface area contributed by atoms with Crippen molar-refractivity contribution < 1.29 is 35.9 Å². The topological polar surface area (TPSA) is 49.4 Å². The lowest BCUT2D eigenvalue weighted by molar-refractivity contribution is -0.170. The molecule has 5 rings (SSSR count). The molecule has 2 aliphatic rings. The minimum absolute atomic E-state index is 0.0447. The average Bonchev–Trinajstić information content (AvgIpc) is 3.06. The van der Waals surface area contributed by atoms with E-state index >= 15 is 0 Å². The summed E-state index contributed by atoms with van der Waals surface area (Å²) in [6.45, 7) is 6.22. The Morgan fingerprint density at radius 3 is 1.93 bits per heavy atom. The summed E-state index contributed by atoms with van der Waals surface area (Å²) in [5.74, 6) is -3.03. The van der Waals surface area contributed by atoms with Crippen LogP contribution >= 0.6 is 0 Å². The van der Waals surface area contributed by atoms with Gasteiger partial charge in [-0.3, -0.25) is 14.5 Å². The highest BCUT2D eigenvalue weighted by atomic mass is 19.4. The standard InChI is InChI=1S/C32H28F6N2O2/c1-30(2,3)21-12-8-18(9-13-21)20-16-24-27(26(41)17-20)28(19-10-14-22(15-11-19)31(33,34)35)40(29(42)32(36,37)38)25-7-5-4-6-23(25)39-24/h4-15,20,28,39H,16-17H2,1-3H3/t20-,28+/m0/s1. The minimum atomic E-state index is -5.32. The van der Waals surface area contributed by atoms with Gasteiger partial charge in [-0.05, 0) is 58.7 Å². The van der Waals surface area contributed by atoms with Crippen LogP contribution in [0.15, 0.2) is 84.1 Å². The molecule has 3 aromatic rings. The zero-order valence-corrected chi connectivity index (χ0v) is 23.0. The Morgan fingerprint density at radius 2 is 1.36 bits per heavy atom. The van der Waals surface area contributed by atoms with Crippen LogP contribution in [-0.2, 0) is 21.2 Å². The van der Waals surface area contributed by atoms with Gasteiger partial charge in [-0.15, -0.1) is 0 Å². The number of Topliss-reactive ketones (excluding diaryl/α,β-unsaturated/α-hetero) is 1. The molecule has 0 saturated carbocycles. The Hall–Kier alpha value is -4.08. The van der Waals surface area contributed by atoms with E-state index in [1.165, 1.54) is 18.2 Å². The Morgan fingerprint density at radius 1 is 0.786 bits per heavy atom. The van der Waals surface area contributed by atoms with Crippen LogP contribution in [0.1, 0.15) is 67.8 Å². The first kappa shape index (κ1) is 29.4. The zero-order chi connectivity index (χ0) is 30.6. The number of rotatable bonds is 2. The number of anilines is 2. The Kier molecular flexibility index (Phi) is 7.23. The van der Waals surface area contributed by atoms with E-state index in [2.05, 4.69) is 26.1 Å². The second-order valence-corrected chi connectivity index (χ2v) is 11.6. The lowest BCUT2D eigenvalue weighted by Gasteiger charge is -2.35. The molecule has 0 fully saturated rings. The fourth-order valence-corrected chi connectivity index (χ4v) is 5.61. The largest absolute Gasteiger partial charge is 0.471 e. The maximum absolute atomic E-state index is 14.0. The molecule has 3 aromatic carbocycles. The molecule has 1 heterocycles. The smallest absolute Gasteiger partial charge is 0.357 e. The molecular weight excluding hydrogens is 558 g/mol. The number of halogens is 6. The molecule has 0 radical (unpaired) electrons. The summed E-state index contributed by atoms with van der Waals surface area (Å²) in [6.07, 6.45) is -9.80. The third-order valence-electron chi connectivity index (χ3n) is 7.75. The number of alkyl halides is 6. The van der Waals surface area contributed by atoms with Crippen LogP contribution in [0.2, 0.25) is 0 Å². The molecule has 0 bridgehead atoms. The third kappa shape index (κ3) is 5.54. The van der Waals surface area contributed by atoms with Crippen molar-refractivity contribution in [3.63, 3.8) is 0 Å². The van der Waals surface area contributed by atoms with Gasteiger partial charge in [0.25, 0.3) is 0 Å². The molecule has 220 valence electrons. The second kappa shape index (κ2) is 10.3. The molecule has 0 aromatic heterocycles. The molecule has 0 saturated heterocycles. The molecule has 1 amide bonds. The number of nitrogens with one attached hydrogen (secondary N) is 1. The summed E-state index contributed by atoms with van der Waals surface area (Å²) in [6, 6.07) is 15.6. The molecule has 1 aliphatic heterocycles. The van der Waals surface area contributed by atoms with Gasteiger partial charge in [-0.25, -0.2) is 0 Å². The number of carbonyl (C=O) groups excluding carboxylic acids is 2. The number of nitrogens with zero attached hydrogens (tertiary/aromatic N) is 1. The van der Waals surface area contributed by atoms with Crippen molar-refractivity contribution >= 4 is 23.1 Å². The maximum atomic E-state index is 14.0. The highest BCUT2D eigenvalue weighted by Gasteiger charge is 2.50. The van der Waals surface area contributed by atoms with Gasteiger partial charge in [-0.1, -0.05) is 69.3 Å². The zero-order valence-electron chi connectivity index (χ0n) is 23.0. The number of para-hydroxylation sites is 2. The van der Waals surface area contributed by atoms with Crippen LogP contribution in [-0.4, -0.2) is 17.9 Å². The van der Waals surface area contributed by atoms with Crippen molar-refractivity contribution in [2.75, 3.05) is 10.2 Å². The molecule has 2 atom stereocenters. The van der Waals surface area contributed by atoms with Gasteiger partial charge in [0.1, 0.15) is 0 Å². The molecule has 10 heteroatoms. The van der Waals surface area contributed by atoms with Crippen molar-refractivity contribution in [3.8, 4) is 0 Å². The third-order valence-corrected chi connectivity index (χ3v) is 7.75. The van der Waals surface area contributed by atoms with Crippen molar-refractivity contribution in [1.29, 1.82) is 0 Å². The molecule has 1 N–H and O–H groups in total. The second-order valence-electron chi connectivity index (χ2n) is 11.6. The van der Waals surface area contributed by atoms with Crippen molar-refractivity contribution in [3.05, 3.63) is 106 Å². The number of amides is 1. The number of hydrogen-bond donors (Lipinski definition) is 1. The van der Waals surface area contributed by atoms with Crippen molar-refractivity contribution in [1.82, 2.24) is 0 Å². The predicted octanol–water partition coefficient (Wildman–Crippen LogP) is 8.47. The molecule has 1 aliphatic carbocycles. The van der Waals surface area contributed by atoms with Gasteiger partial charge in [0.15, 0.2) is 5.78 Å². The van der Waals surface area contributed by atoms with Crippen LogP contribution in [0.5, 0.6) is 0 Å². The number of carbonyl (C=O) groups is 2. The highest BCUT2D eigenvalue weighted by molar-refractivity contribution is 6.07. The first-order chi connectivity index (χ1) is 19.6. The summed E-state index contributed by atoms with van der Waals surface area (Å²) >= 11 is 0. The SMILES string of the molecule is CC(C)(C)c1ccc([C@@H]2CC(=O)C3=C(C2)Nc2ccccc2N(C(=O)C(F)(F)F)[C@@H]3c2ccc(C(F)(F)F)cc2)cc1. The monoisotopic (exact) mass is 586 g/mol. The number of hydrogen-bond acceptors (Lipinski definition) is 3. The molecule has 0 spiro atoms. The summed E-state index contributed by atoms with van der Waals surface area (Å²) in [5.41, 5.74) is 1.11. The van der Waals surface area contributed by atoms with Gasteiger partial charge in [0, 0.05) is 17.7 Å². The van der Waals surface area contributed by atoms with E-state index < -0.39 is 35.6 Å². The fourth-order valence-electron chi connectivity index (χ4n) is 5.61. The number of ketones is 1. The quantitative estimate of drug-likeness (QED) is 0.307. The van der Waals surface area contributed by atoms with E-state index in [9.17, 15) is 35.9 Å². The lowest BCUT2D eigenvalue weighted by atomic mass is 9.77. The van der Waals surface area contributed by atoms with E-state index in [4.69, 9.17) is 0 Å². The number of fused-ring (bicyclic) bond motifs is 1. The lowest BCUT2D eigenvalue weighted by Crippen LogP contribution is -2.45. The first-order valence-corrected chi connectivity index (χ1v) is 13.4. The fraction of sp³-hybridized carbons (Fsp3) is 0.312. The molecule has 4 nitrogen and oxygen atoms in total. The Bertz CT molecular complexity index is 1550. The normalized spacial score (nSPS) is 19.5. The van der Waals surface area contributed by atoms with Crippen LogP contribution in [0.4, 0.5) is 37.7 Å². The van der Waals surface area contributed by atoms with Crippen molar-refractivity contribution in [2.24, 2.45) is 0 Å². The van der Waals surface area contributed by atoms with Gasteiger partial charge >= 0.3 is 18.3 Å². The van der Waals surface area contributed by atoms with E-state index in [-0.39, 0.29) is 46.7 Å². The summed E-state index contributed by atoms with van der Waals surface area (Å²) in [5, 5.41) is 3.12. The maximum Gasteiger partial charge on any atom is 0.471 e. The van der Waals surface area contributed by atoms with Crippen molar-refractivity contribution in [2.45, 2.75) is 63.3 Å². The minimum Gasteiger partial charge on any atom is -0.357 e. The molecule has 42 heavy (non-hydrogen) atoms. The van der Waals surface area contributed by atoms with Crippen LogP contribution < -0.4 is 10.2 Å². The van der Waals surface area contributed by atoms with Gasteiger partial charge in [0.05, 0.1) is 23.0 Å². The summed E-state index contributed by atoms with van der Waals surface area (Å²) < 4.78 is 82.1. The van der Waals surface area contributed by atoms with Crippen LogP contribution in [0.3, 0.4) is 0 Å². The van der Waals surface area contributed by atoms with Gasteiger partial charge in [0.2, 0.25) is 0 Å². The van der Waals surface area contributed by atoms with Crippen LogP contribution in [0, 0.1) is 0 Å². The van der Waals surface area contributed by atoms with Gasteiger partial charge < -0.3 is 5.32 Å². The molecular formula is C32H28F6N2O2. The van der Waals surface area contributed by atoms with Crippen LogP contribution in [0.25, 0.3) is 0 Å². The van der Waals surface area contributed by atoms with Gasteiger partial charge in [-0.2, -0.15) is 26.3 Å². The Labute approximate surface area is 239 Å². The summed E-state index contributed by atoms with van der Waals surface area (Å²) in [4.78, 5) is 27.3. The highest BCUT2D eigenvalue weighted by Crippen LogP contribution is 2.48. The summed E-state index contributed by atoms with van der Waals surface area (Å²) in [7, 11) is 0. The average molecular weight is 587 g/mol. The predicted molar refractivity (Wildman–Crippen MR) is 147 cm³/mol. The number of allylic oxidation sites excluding steroid dienone is 1. The van der Waals surface area contributed by atoms with E-state index in [0.717, 1.165) is 35.4 Å². The van der Waals surface area contributed by atoms with E-state index in [1.807, 2.05) is 24.3 Å². The van der Waals surface area contributed by atoms with E-state index in [0.29, 0.717) is 10.6 Å². The first-order valence-electron chi connectivity index (χ1n) is 13.4. The van der Waals surface area contributed by atoms with E-state index in [1.54, 1.807) is 6.07 Å². The Balaban J connectivity index is 1.67. The number of benzene rings is 3. The molecule has 0 unspecified atom stereocenters.